The van der Waals surface area contributed by atoms with Crippen LogP contribution in [0.25, 0.3) is 10.2 Å². The molecule has 7 heteroatoms. The fourth-order valence-corrected chi connectivity index (χ4v) is 3.52. The second-order valence-electron chi connectivity index (χ2n) is 6.05. The van der Waals surface area contributed by atoms with Gasteiger partial charge in [0.05, 0.1) is 18.4 Å². The van der Waals surface area contributed by atoms with Crippen LogP contribution in [0.5, 0.6) is 5.75 Å². The Morgan fingerprint density at radius 2 is 1.92 bits per heavy atom. The van der Waals surface area contributed by atoms with Crippen LogP contribution in [0.1, 0.15) is 28.2 Å². The predicted octanol–water partition coefficient (Wildman–Crippen LogP) is 3.42. The van der Waals surface area contributed by atoms with Gasteiger partial charge >= 0.3 is 5.97 Å². The van der Waals surface area contributed by atoms with Gasteiger partial charge in [0.15, 0.2) is 0 Å². The minimum absolute atomic E-state index is 0.0649. The molecule has 6 nitrogen and oxygen atoms in total. The van der Waals surface area contributed by atoms with Crippen LogP contribution in [0, 0.1) is 20.8 Å². The number of hydrogen-bond donors (Lipinski definition) is 1. The zero-order valence-electron chi connectivity index (χ0n) is 14.9. The lowest BCUT2D eigenvalue weighted by molar-refractivity contribution is -0.145. The van der Waals surface area contributed by atoms with Crippen molar-refractivity contribution in [2.45, 2.75) is 33.8 Å². The molecule has 26 heavy (non-hydrogen) atoms. The molecule has 3 rings (SSSR count). The average Bonchev–Trinajstić information content (AvgIpc) is 2.89. The SMILES string of the molecule is Cc1ccc(OCCC(=O)OCc2nc3sc(C)c(C)c3c(=O)[nH]2)cc1. The monoisotopic (exact) mass is 372 g/mol. The molecule has 2 heterocycles. The first-order valence-electron chi connectivity index (χ1n) is 8.28. The molecule has 0 saturated carbocycles. The Balaban J connectivity index is 1.53. The second kappa shape index (κ2) is 7.70. The third kappa shape index (κ3) is 4.11. The predicted molar refractivity (Wildman–Crippen MR) is 101 cm³/mol. The summed E-state index contributed by atoms with van der Waals surface area (Å²) in [4.78, 5) is 32.8. The lowest BCUT2D eigenvalue weighted by atomic mass is 10.2. The van der Waals surface area contributed by atoms with Gasteiger partial charge in [0.25, 0.3) is 5.56 Å². The van der Waals surface area contributed by atoms with Crippen LogP contribution in [-0.2, 0) is 16.1 Å². The minimum Gasteiger partial charge on any atom is -0.493 e. The van der Waals surface area contributed by atoms with Gasteiger partial charge in [-0.2, -0.15) is 0 Å². The van der Waals surface area contributed by atoms with Gasteiger partial charge in [0, 0.05) is 4.88 Å². The number of fused-ring (bicyclic) bond motifs is 1. The smallest absolute Gasteiger partial charge is 0.309 e. The highest BCUT2D eigenvalue weighted by Crippen LogP contribution is 2.25. The first kappa shape index (κ1) is 18.1. The van der Waals surface area contributed by atoms with Crippen molar-refractivity contribution >= 4 is 27.5 Å². The zero-order chi connectivity index (χ0) is 18.7. The van der Waals surface area contributed by atoms with Gasteiger partial charge in [0.2, 0.25) is 0 Å². The molecule has 1 aromatic carbocycles. The summed E-state index contributed by atoms with van der Waals surface area (Å²) in [5, 5.41) is 0.606. The molecule has 0 unspecified atom stereocenters. The van der Waals surface area contributed by atoms with Crippen molar-refractivity contribution in [3.8, 4) is 5.75 Å². The lowest BCUT2D eigenvalue weighted by Gasteiger charge is -2.07. The van der Waals surface area contributed by atoms with Crippen LogP contribution in [0.4, 0.5) is 0 Å². The van der Waals surface area contributed by atoms with E-state index >= 15 is 0 Å². The Labute approximate surface area is 154 Å². The van der Waals surface area contributed by atoms with Crippen molar-refractivity contribution in [1.82, 2.24) is 9.97 Å². The Morgan fingerprint density at radius 3 is 2.65 bits per heavy atom. The summed E-state index contributed by atoms with van der Waals surface area (Å²) < 4.78 is 10.7. The Morgan fingerprint density at radius 1 is 1.19 bits per heavy atom. The first-order chi connectivity index (χ1) is 12.4. The number of esters is 1. The highest BCUT2D eigenvalue weighted by atomic mass is 32.1. The Bertz CT molecular complexity index is 989. The van der Waals surface area contributed by atoms with Crippen molar-refractivity contribution < 1.29 is 14.3 Å². The molecule has 0 aliphatic heterocycles. The number of nitrogens with zero attached hydrogens (tertiary/aromatic N) is 1. The quantitative estimate of drug-likeness (QED) is 0.671. The van der Waals surface area contributed by atoms with Crippen molar-refractivity contribution in [3.05, 3.63) is 56.4 Å². The van der Waals surface area contributed by atoms with Gasteiger partial charge in [-0.1, -0.05) is 17.7 Å². The summed E-state index contributed by atoms with van der Waals surface area (Å²) >= 11 is 1.46. The number of nitrogens with one attached hydrogen (secondary N) is 1. The Hall–Kier alpha value is -2.67. The number of rotatable bonds is 6. The number of benzene rings is 1. The third-order valence-corrected chi connectivity index (χ3v) is 5.16. The minimum atomic E-state index is -0.404. The molecule has 3 aromatic rings. The maximum Gasteiger partial charge on any atom is 0.309 e. The van der Waals surface area contributed by atoms with Crippen LogP contribution in [-0.4, -0.2) is 22.5 Å². The van der Waals surface area contributed by atoms with Crippen molar-refractivity contribution in [1.29, 1.82) is 0 Å². The number of thiophene rings is 1. The van der Waals surface area contributed by atoms with E-state index in [4.69, 9.17) is 9.47 Å². The van der Waals surface area contributed by atoms with Gasteiger partial charge in [-0.3, -0.25) is 9.59 Å². The molecular weight excluding hydrogens is 352 g/mol. The third-order valence-electron chi connectivity index (χ3n) is 4.05. The number of carbonyl (C=O) groups is 1. The van der Waals surface area contributed by atoms with E-state index in [0.29, 0.717) is 21.8 Å². The lowest BCUT2D eigenvalue weighted by Crippen LogP contribution is -2.15. The fraction of sp³-hybridized carbons (Fsp3) is 0.316. The van der Waals surface area contributed by atoms with Crippen molar-refractivity contribution in [2.75, 3.05) is 6.61 Å². The summed E-state index contributed by atoms with van der Waals surface area (Å²) in [6, 6.07) is 7.60. The van der Waals surface area contributed by atoms with Crippen molar-refractivity contribution in [3.63, 3.8) is 0 Å². The zero-order valence-corrected chi connectivity index (χ0v) is 15.7. The maximum absolute atomic E-state index is 12.2. The second-order valence-corrected chi connectivity index (χ2v) is 7.25. The van der Waals surface area contributed by atoms with E-state index in [0.717, 1.165) is 16.0 Å². The van der Waals surface area contributed by atoms with Gasteiger partial charge in [-0.05, 0) is 38.5 Å². The largest absolute Gasteiger partial charge is 0.493 e. The maximum atomic E-state index is 12.2. The molecule has 1 N–H and O–H groups in total. The van der Waals surface area contributed by atoms with Gasteiger partial charge in [-0.25, -0.2) is 4.98 Å². The van der Waals surface area contributed by atoms with Crippen molar-refractivity contribution in [2.24, 2.45) is 0 Å². The molecular formula is C19H20N2O4S. The van der Waals surface area contributed by atoms with E-state index in [2.05, 4.69) is 9.97 Å². The van der Waals surface area contributed by atoms with E-state index in [1.54, 1.807) is 0 Å². The van der Waals surface area contributed by atoms with E-state index in [9.17, 15) is 9.59 Å². The number of hydrogen-bond acceptors (Lipinski definition) is 6. The summed E-state index contributed by atoms with van der Waals surface area (Å²) in [5.74, 6) is 0.651. The van der Waals surface area contributed by atoms with Crippen LogP contribution < -0.4 is 10.3 Å². The van der Waals surface area contributed by atoms with Crippen LogP contribution in [0.2, 0.25) is 0 Å². The average molecular weight is 372 g/mol. The van der Waals surface area contributed by atoms with Crippen LogP contribution >= 0.6 is 11.3 Å². The topological polar surface area (TPSA) is 81.3 Å². The Kier molecular flexibility index (Phi) is 5.37. The number of aromatic nitrogens is 2. The summed E-state index contributed by atoms with van der Waals surface area (Å²) in [5.41, 5.74) is 1.88. The molecule has 0 spiro atoms. The number of H-pyrrole nitrogens is 1. The molecule has 2 aromatic heterocycles. The van der Waals surface area contributed by atoms with Crippen LogP contribution in [0.15, 0.2) is 29.1 Å². The summed E-state index contributed by atoms with van der Waals surface area (Å²) in [6.45, 7) is 6.02. The highest BCUT2D eigenvalue weighted by Gasteiger charge is 2.13. The molecule has 136 valence electrons. The normalized spacial score (nSPS) is 10.9. The summed E-state index contributed by atoms with van der Waals surface area (Å²) in [7, 11) is 0. The first-order valence-corrected chi connectivity index (χ1v) is 9.09. The van der Waals surface area contributed by atoms with Gasteiger partial charge in [0.1, 0.15) is 23.0 Å². The number of aryl methyl sites for hydroxylation is 3. The molecule has 0 aliphatic rings. The summed E-state index contributed by atoms with van der Waals surface area (Å²) in [6.07, 6.45) is 0.123. The number of carbonyl (C=O) groups excluding carboxylic acids is 1. The molecule has 0 bridgehead atoms. The molecule has 0 atom stereocenters. The molecule has 0 saturated heterocycles. The van der Waals surface area contributed by atoms with E-state index in [1.807, 2.05) is 45.0 Å². The van der Waals surface area contributed by atoms with E-state index in [-0.39, 0.29) is 25.2 Å². The van der Waals surface area contributed by atoms with Crippen LogP contribution in [0.3, 0.4) is 0 Å². The molecule has 0 amide bonds. The standard InChI is InChI=1S/C19H20N2O4S/c1-11-4-6-14(7-5-11)24-9-8-16(22)25-10-15-20-18(23)17-12(2)13(3)26-19(17)21-15/h4-7H,8-10H2,1-3H3,(H,20,21,23). The van der Waals surface area contributed by atoms with E-state index < -0.39 is 5.97 Å². The van der Waals surface area contributed by atoms with Gasteiger partial charge in [-0.15, -0.1) is 11.3 Å². The molecule has 0 radical (unpaired) electrons. The van der Waals surface area contributed by atoms with E-state index in [1.165, 1.54) is 11.3 Å². The highest BCUT2D eigenvalue weighted by molar-refractivity contribution is 7.18. The molecule has 0 aliphatic carbocycles. The number of aromatic amines is 1. The number of ether oxygens (including phenoxy) is 2. The van der Waals surface area contributed by atoms with Gasteiger partial charge < -0.3 is 14.5 Å². The molecule has 0 fully saturated rings. The fourth-order valence-electron chi connectivity index (χ4n) is 2.48.